The molecule has 1 aliphatic heterocycles. The maximum Gasteiger partial charge on any atom is 0.301 e. The minimum atomic E-state index is -0.864. The van der Waals surface area contributed by atoms with Gasteiger partial charge in [-0.15, -0.1) is 11.3 Å². The monoisotopic (exact) mass is 554 g/mol. The molecule has 4 aromatic rings. The summed E-state index contributed by atoms with van der Waals surface area (Å²) in [6.45, 7) is 4.22. The fourth-order valence-corrected chi connectivity index (χ4v) is 6.42. The van der Waals surface area contributed by atoms with Crippen LogP contribution >= 0.6 is 34.3 Å². The van der Waals surface area contributed by atoms with Crippen LogP contribution in [0.1, 0.15) is 41.8 Å². The van der Waals surface area contributed by atoms with Gasteiger partial charge in [0.1, 0.15) is 23.3 Å². The van der Waals surface area contributed by atoms with Gasteiger partial charge in [0.2, 0.25) is 0 Å². The number of halogens is 1. The number of carbonyl (C=O) groups excluding carboxylic acids is 2. The van der Waals surface area contributed by atoms with Crippen LogP contribution < -0.4 is 14.4 Å². The third kappa shape index (κ3) is 4.27. The van der Waals surface area contributed by atoms with Gasteiger partial charge in [-0.2, -0.15) is 0 Å². The van der Waals surface area contributed by atoms with Gasteiger partial charge in [-0.25, -0.2) is 4.98 Å². The van der Waals surface area contributed by atoms with Gasteiger partial charge in [-0.05, 0) is 41.1 Å². The van der Waals surface area contributed by atoms with E-state index in [4.69, 9.17) is 21.1 Å². The number of carbonyl (C=O) groups is 2. The fourth-order valence-electron chi connectivity index (χ4n) is 4.33. The summed E-state index contributed by atoms with van der Waals surface area (Å²) in [5.74, 6) is -1.09. The molecule has 2 aromatic carbocycles. The number of hydrogen-bond donors (Lipinski definition) is 1. The summed E-state index contributed by atoms with van der Waals surface area (Å²) in [6, 6.07) is 11.8. The van der Waals surface area contributed by atoms with E-state index >= 15 is 0 Å². The number of thiazole rings is 1. The van der Waals surface area contributed by atoms with E-state index in [2.05, 4.69) is 24.9 Å². The normalized spacial score (nSPS) is 17.2. The van der Waals surface area contributed by atoms with E-state index in [1.165, 1.54) is 53.9 Å². The molecule has 5 rings (SSSR count). The number of ketones is 1. The first-order valence-electron chi connectivity index (χ1n) is 11.4. The Morgan fingerprint density at radius 2 is 1.86 bits per heavy atom. The molecule has 1 fully saturated rings. The topological polar surface area (TPSA) is 89.0 Å². The molecule has 1 amide bonds. The van der Waals surface area contributed by atoms with E-state index < -0.39 is 17.7 Å². The van der Waals surface area contributed by atoms with E-state index in [9.17, 15) is 14.7 Å². The summed E-state index contributed by atoms with van der Waals surface area (Å²) in [7, 11) is 2.87. The van der Waals surface area contributed by atoms with Crippen molar-refractivity contribution in [3.63, 3.8) is 0 Å². The van der Waals surface area contributed by atoms with Crippen molar-refractivity contribution in [3.05, 3.63) is 74.4 Å². The Balaban J connectivity index is 1.71. The number of fused-ring (bicyclic) bond motifs is 1. The molecule has 1 N–H and O–H groups in total. The van der Waals surface area contributed by atoms with Gasteiger partial charge in [0.25, 0.3) is 5.78 Å². The molecule has 37 heavy (non-hydrogen) atoms. The van der Waals surface area contributed by atoms with Crippen LogP contribution in [0.15, 0.2) is 53.4 Å². The number of amides is 1. The van der Waals surface area contributed by atoms with Crippen molar-refractivity contribution in [2.75, 3.05) is 19.1 Å². The number of rotatable bonds is 6. The number of methoxy groups -OCH3 is 2. The first-order chi connectivity index (χ1) is 17.7. The van der Waals surface area contributed by atoms with Crippen LogP contribution in [0.3, 0.4) is 0 Å². The zero-order chi connectivity index (χ0) is 26.4. The van der Waals surface area contributed by atoms with Crippen LogP contribution in [0.4, 0.5) is 5.13 Å². The number of nitrogens with zero attached hydrogens (tertiary/aromatic N) is 2. The molecular weight excluding hydrogens is 532 g/mol. The van der Waals surface area contributed by atoms with Gasteiger partial charge in [-0.1, -0.05) is 48.9 Å². The average molecular weight is 555 g/mol. The second-order valence-corrected chi connectivity index (χ2v) is 11.1. The summed E-state index contributed by atoms with van der Waals surface area (Å²) in [5, 5.41) is 14.0. The maximum atomic E-state index is 13.5. The van der Waals surface area contributed by atoms with Gasteiger partial charge in [0, 0.05) is 10.9 Å². The zero-order valence-corrected chi connectivity index (χ0v) is 22.8. The highest BCUT2D eigenvalue weighted by Crippen LogP contribution is 2.47. The molecule has 7 nitrogen and oxygen atoms in total. The number of Topliss-reactive ketones (excluding diaryl/α,β-unsaturated/α-hetero) is 1. The molecule has 190 valence electrons. The van der Waals surface area contributed by atoms with Crippen LogP contribution in [0.25, 0.3) is 16.0 Å². The van der Waals surface area contributed by atoms with Crippen LogP contribution in [-0.2, 0) is 9.59 Å². The number of ether oxygens (including phenoxy) is 2. The lowest BCUT2D eigenvalue weighted by Gasteiger charge is -2.21. The Bertz CT molecular complexity index is 1560. The van der Waals surface area contributed by atoms with Gasteiger partial charge in [0.05, 0.1) is 40.6 Å². The van der Waals surface area contributed by atoms with E-state index in [1.807, 2.05) is 29.6 Å². The predicted molar refractivity (Wildman–Crippen MR) is 147 cm³/mol. The molecule has 0 saturated carbocycles. The molecule has 1 atom stereocenters. The quantitative estimate of drug-likeness (QED) is 0.160. The lowest BCUT2D eigenvalue weighted by atomic mass is 9.99. The highest BCUT2D eigenvalue weighted by molar-refractivity contribution is 7.22. The first kappa shape index (κ1) is 25.3. The Morgan fingerprint density at radius 1 is 1.11 bits per heavy atom. The van der Waals surface area contributed by atoms with Crippen molar-refractivity contribution >= 4 is 67.1 Å². The number of aliphatic hydroxyl groups excluding tert-OH is 1. The Labute approximate surface area is 226 Å². The molecule has 10 heteroatoms. The third-order valence-corrected chi connectivity index (χ3v) is 8.50. The van der Waals surface area contributed by atoms with E-state index in [0.29, 0.717) is 15.9 Å². The maximum absolute atomic E-state index is 13.5. The van der Waals surface area contributed by atoms with Crippen molar-refractivity contribution < 1.29 is 24.2 Å². The number of aromatic nitrogens is 1. The SMILES string of the molecule is COc1cc(/C(O)=C2\C(=O)C(=O)N(c3nc4ccc(C(C)C)cc4s3)C2c2cccs2)c(OC)cc1Cl. The van der Waals surface area contributed by atoms with Gasteiger partial charge < -0.3 is 14.6 Å². The summed E-state index contributed by atoms with van der Waals surface area (Å²) in [6.07, 6.45) is 0. The molecule has 3 heterocycles. The van der Waals surface area contributed by atoms with Crippen LogP contribution in [0.5, 0.6) is 11.5 Å². The van der Waals surface area contributed by atoms with Crippen molar-refractivity contribution in [2.24, 2.45) is 0 Å². The molecule has 1 unspecified atom stereocenters. The number of thiophene rings is 1. The first-order valence-corrected chi connectivity index (χ1v) is 13.5. The summed E-state index contributed by atoms with van der Waals surface area (Å²) in [5.41, 5.74) is 2.02. The smallest absolute Gasteiger partial charge is 0.301 e. The van der Waals surface area contributed by atoms with Crippen molar-refractivity contribution in [1.82, 2.24) is 4.98 Å². The van der Waals surface area contributed by atoms with E-state index in [0.717, 1.165) is 15.8 Å². The lowest BCUT2D eigenvalue weighted by molar-refractivity contribution is -0.132. The lowest BCUT2D eigenvalue weighted by Crippen LogP contribution is -2.28. The Kier molecular flexibility index (Phi) is 6.70. The molecule has 1 aliphatic rings. The van der Waals surface area contributed by atoms with E-state index in [-0.39, 0.29) is 33.4 Å². The van der Waals surface area contributed by atoms with Gasteiger partial charge >= 0.3 is 5.91 Å². The van der Waals surface area contributed by atoms with Crippen LogP contribution in [0.2, 0.25) is 5.02 Å². The zero-order valence-electron chi connectivity index (χ0n) is 20.4. The molecule has 0 radical (unpaired) electrons. The minimum Gasteiger partial charge on any atom is -0.507 e. The second-order valence-electron chi connectivity index (χ2n) is 8.75. The highest BCUT2D eigenvalue weighted by Gasteiger charge is 2.49. The second kappa shape index (κ2) is 9.81. The third-order valence-electron chi connectivity index (χ3n) is 6.26. The van der Waals surface area contributed by atoms with Gasteiger partial charge in [-0.3, -0.25) is 14.5 Å². The number of aliphatic hydroxyl groups is 1. The number of benzene rings is 2. The largest absolute Gasteiger partial charge is 0.507 e. The summed E-state index contributed by atoms with van der Waals surface area (Å²) in [4.78, 5) is 33.7. The molecule has 1 saturated heterocycles. The average Bonchev–Trinajstić information content (AvgIpc) is 3.61. The molecule has 0 bridgehead atoms. The molecule has 0 spiro atoms. The van der Waals surface area contributed by atoms with Crippen LogP contribution in [0, 0.1) is 0 Å². The summed E-state index contributed by atoms with van der Waals surface area (Å²) < 4.78 is 11.6. The molecular formula is C27H23ClN2O5S2. The number of anilines is 1. The standard InChI is InChI=1S/C27H23ClN2O5S2/c1-13(2)14-7-8-17-21(10-14)37-27(29-17)30-23(20-6-5-9-36-20)22(25(32)26(30)33)24(31)15-11-19(35-4)16(28)12-18(15)34-3/h5-13,23,31H,1-4H3/b24-22+. The minimum absolute atomic E-state index is 0.0581. The summed E-state index contributed by atoms with van der Waals surface area (Å²) >= 11 is 8.96. The Hall–Kier alpha value is -3.40. The van der Waals surface area contributed by atoms with Crippen molar-refractivity contribution in [3.8, 4) is 11.5 Å². The van der Waals surface area contributed by atoms with Crippen molar-refractivity contribution in [2.45, 2.75) is 25.8 Å². The van der Waals surface area contributed by atoms with Gasteiger partial charge in [0.15, 0.2) is 5.13 Å². The molecule has 2 aromatic heterocycles. The predicted octanol–water partition coefficient (Wildman–Crippen LogP) is 6.78. The fraction of sp³-hybridized carbons (Fsp3) is 0.222. The number of hydrogen-bond acceptors (Lipinski definition) is 8. The molecule has 0 aliphatic carbocycles. The van der Waals surface area contributed by atoms with Crippen LogP contribution in [-0.4, -0.2) is 36.0 Å². The Morgan fingerprint density at radius 3 is 2.51 bits per heavy atom. The van der Waals surface area contributed by atoms with E-state index in [1.54, 1.807) is 0 Å². The van der Waals surface area contributed by atoms with Crippen molar-refractivity contribution in [1.29, 1.82) is 0 Å². The highest BCUT2D eigenvalue weighted by atomic mass is 35.5.